The Morgan fingerprint density at radius 1 is 1.10 bits per heavy atom. The molecule has 4 nitrogen and oxygen atoms in total. The largest absolute Gasteiger partial charge is 0.457 e. The van der Waals surface area contributed by atoms with Gasteiger partial charge in [-0.15, -0.1) is 0 Å². The molecule has 29 heavy (non-hydrogen) atoms. The Balaban J connectivity index is 1.62. The van der Waals surface area contributed by atoms with Crippen molar-refractivity contribution in [2.24, 2.45) is 0 Å². The number of carbonyl (C=O) groups is 1. The molecule has 148 valence electrons. The lowest BCUT2D eigenvalue weighted by molar-refractivity contribution is -0.115. The second kappa shape index (κ2) is 9.46. The molecule has 0 aliphatic carbocycles. The topological polar surface area (TPSA) is 54.3 Å². The summed E-state index contributed by atoms with van der Waals surface area (Å²) in [4.78, 5) is 12.1. The monoisotopic (exact) mass is 464 g/mol. The van der Waals surface area contributed by atoms with E-state index in [1.807, 2.05) is 13.0 Å². The van der Waals surface area contributed by atoms with Gasteiger partial charge in [0.1, 0.15) is 11.5 Å². The highest BCUT2D eigenvalue weighted by Crippen LogP contribution is 2.34. The summed E-state index contributed by atoms with van der Waals surface area (Å²) in [6.45, 7) is 1.91. The van der Waals surface area contributed by atoms with E-state index in [0.29, 0.717) is 32.2 Å². The van der Waals surface area contributed by atoms with Gasteiger partial charge in [-0.3, -0.25) is 10.1 Å². The molecule has 3 rings (SSSR count). The second-order valence-corrected chi connectivity index (χ2v) is 7.67. The summed E-state index contributed by atoms with van der Waals surface area (Å²) in [7, 11) is 0. The molecule has 0 radical (unpaired) electrons. The Morgan fingerprint density at radius 3 is 2.69 bits per heavy atom. The fourth-order valence-electron chi connectivity index (χ4n) is 2.48. The number of anilines is 1. The smallest absolute Gasteiger partial charge is 0.250 e. The molecule has 1 heterocycles. The van der Waals surface area contributed by atoms with E-state index in [1.165, 1.54) is 12.2 Å². The zero-order valence-electron chi connectivity index (χ0n) is 15.1. The quantitative estimate of drug-likeness (QED) is 0.331. The zero-order chi connectivity index (χ0) is 21.0. The van der Waals surface area contributed by atoms with Crippen LogP contribution in [0, 0.1) is 6.92 Å². The van der Waals surface area contributed by atoms with Crippen molar-refractivity contribution < 1.29 is 9.21 Å². The van der Waals surface area contributed by atoms with Crippen LogP contribution in [-0.4, -0.2) is 11.0 Å². The van der Waals surface area contributed by atoms with Gasteiger partial charge in [0.25, 0.3) is 0 Å². The molecular weight excluding hydrogens is 451 g/mol. The SMILES string of the molecule is Cc1ccc(Cl)cc1NC(=S)NC(=O)C=Cc1ccc(-c2cccc(Cl)c2Cl)o1. The van der Waals surface area contributed by atoms with E-state index < -0.39 is 5.91 Å². The van der Waals surface area contributed by atoms with Crippen molar-refractivity contribution in [1.29, 1.82) is 0 Å². The van der Waals surface area contributed by atoms with Crippen molar-refractivity contribution in [3.05, 3.63) is 81.0 Å². The summed E-state index contributed by atoms with van der Waals surface area (Å²) >= 11 is 23.4. The predicted octanol–water partition coefficient (Wildman–Crippen LogP) is 6.74. The third kappa shape index (κ3) is 5.61. The first-order valence-corrected chi connectivity index (χ1v) is 9.98. The van der Waals surface area contributed by atoms with Crippen LogP contribution in [0.1, 0.15) is 11.3 Å². The van der Waals surface area contributed by atoms with Gasteiger partial charge in [-0.05, 0) is 67.2 Å². The van der Waals surface area contributed by atoms with E-state index in [-0.39, 0.29) is 5.11 Å². The molecule has 0 aliphatic rings. The van der Waals surface area contributed by atoms with E-state index in [0.717, 1.165) is 11.3 Å². The number of furan rings is 1. The van der Waals surface area contributed by atoms with Crippen LogP contribution in [0.2, 0.25) is 15.1 Å². The van der Waals surface area contributed by atoms with Crippen molar-refractivity contribution >= 4 is 69.8 Å². The van der Waals surface area contributed by atoms with Gasteiger partial charge in [0, 0.05) is 22.3 Å². The lowest BCUT2D eigenvalue weighted by Crippen LogP contribution is -2.33. The van der Waals surface area contributed by atoms with E-state index in [9.17, 15) is 4.79 Å². The van der Waals surface area contributed by atoms with E-state index in [2.05, 4.69) is 10.6 Å². The fourth-order valence-corrected chi connectivity index (χ4v) is 3.25. The third-order valence-electron chi connectivity index (χ3n) is 3.93. The molecule has 0 spiro atoms. The lowest BCUT2D eigenvalue weighted by atomic mass is 10.2. The number of nitrogens with one attached hydrogen (secondary N) is 2. The molecule has 0 bridgehead atoms. The van der Waals surface area contributed by atoms with Crippen LogP contribution in [0.5, 0.6) is 0 Å². The maximum atomic E-state index is 12.1. The summed E-state index contributed by atoms with van der Waals surface area (Å²) in [6, 6.07) is 14.1. The lowest BCUT2D eigenvalue weighted by Gasteiger charge is -2.11. The molecule has 8 heteroatoms. The summed E-state index contributed by atoms with van der Waals surface area (Å²) < 4.78 is 5.71. The van der Waals surface area contributed by atoms with Crippen molar-refractivity contribution in [3.8, 4) is 11.3 Å². The fraction of sp³-hybridized carbons (Fsp3) is 0.0476. The van der Waals surface area contributed by atoms with E-state index in [4.69, 9.17) is 51.4 Å². The Bertz CT molecular complexity index is 1110. The summed E-state index contributed by atoms with van der Waals surface area (Å²) in [5.74, 6) is 0.628. The highest BCUT2D eigenvalue weighted by molar-refractivity contribution is 7.80. The van der Waals surface area contributed by atoms with Crippen LogP contribution in [0.25, 0.3) is 17.4 Å². The van der Waals surface area contributed by atoms with Gasteiger partial charge in [-0.2, -0.15) is 0 Å². The number of carbonyl (C=O) groups excluding carboxylic acids is 1. The van der Waals surface area contributed by atoms with Crippen LogP contribution in [0.4, 0.5) is 5.69 Å². The molecule has 2 aromatic carbocycles. The molecule has 3 aromatic rings. The maximum Gasteiger partial charge on any atom is 0.250 e. The van der Waals surface area contributed by atoms with Gasteiger partial charge in [0.2, 0.25) is 5.91 Å². The number of hydrogen-bond acceptors (Lipinski definition) is 3. The Labute approximate surface area is 188 Å². The standard InChI is InChI=1S/C21H15Cl3N2O2S/c1-12-5-6-13(22)11-17(12)25-21(29)26-19(27)10-8-14-7-9-18(28-14)15-3-2-4-16(23)20(15)24/h2-11H,1H3,(H2,25,26,27,29). The Morgan fingerprint density at radius 2 is 1.90 bits per heavy atom. The summed E-state index contributed by atoms with van der Waals surface area (Å²) in [5.41, 5.74) is 2.34. The van der Waals surface area contributed by atoms with Gasteiger partial charge in [0.15, 0.2) is 5.11 Å². The number of amides is 1. The summed E-state index contributed by atoms with van der Waals surface area (Å²) in [6.07, 6.45) is 2.85. The molecule has 2 N–H and O–H groups in total. The van der Waals surface area contributed by atoms with Crippen molar-refractivity contribution in [3.63, 3.8) is 0 Å². The maximum absolute atomic E-state index is 12.1. The van der Waals surface area contributed by atoms with Gasteiger partial charge >= 0.3 is 0 Å². The Kier molecular flexibility index (Phi) is 6.98. The van der Waals surface area contributed by atoms with Gasteiger partial charge in [-0.25, -0.2) is 0 Å². The number of thiocarbonyl (C=S) groups is 1. The molecule has 0 saturated carbocycles. The molecule has 1 amide bonds. The van der Waals surface area contributed by atoms with E-state index >= 15 is 0 Å². The molecule has 0 unspecified atom stereocenters. The normalized spacial score (nSPS) is 10.9. The van der Waals surface area contributed by atoms with Crippen LogP contribution in [0.15, 0.2) is 59.0 Å². The minimum Gasteiger partial charge on any atom is -0.457 e. The third-order valence-corrected chi connectivity index (χ3v) is 5.19. The van der Waals surface area contributed by atoms with Crippen LogP contribution >= 0.6 is 47.0 Å². The van der Waals surface area contributed by atoms with Gasteiger partial charge in [-0.1, -0.05) is 46.9 Å². The zero-order valence-corrected chi connectivity index (χ0v) is 18.2. The van der Waals surface area contributed by atoms with E-state index in [1.54, 1.807) is 42.5 Å². The number of aryl methyl sites for hydroxylation is 1. The van der Waals surface area contributed by atoms with Crippen molar-refractivity contribution in [2.75, 3.05) is 5.32 Å². The minimum atomic E-state index is -0.402. The molecule has 0 atom stereocenters. The first kappa shape index (κ1) is 21.4. The molecule has 0 fully saturated rings. The molecular formula is C21H15Cl3N2O2S. The van der Waals surface area contributed by atoms with Crippen molar-refractivity contribution in [2.45, 2.75) is 6.92 Å². The Hall–Kier alpha value is -2.31. The number of benzene rings is 2. The highest BCUT2D eigenvalue weighted by Gasteiger charge is 2.10. The van der Waals surface area contributed by atoms with Gasteiger partial charge in [0.05, 0.1) is 10.0 Å². The van der Waals surface area contributed by atoms with Gasteiger partial charge < -0.3 is 9.73 Å². The molecule has 0 saturated heterocycles. The first-order chi connectivity index (χ1) is 13.8. The predicted molar refractivity (Wildman–Crippen MR) is 124 cm³/mol. The first-order valence-electron chi connectivity index (χ1n) is 8.44. The van der Waals surface area contributed by atoms with Crippen LogP contribution in [-0.2, 0) is 4.79 Å². The van der Waals surface area contributed by atoms with Crippen LogP contribution < -0.4 is 10.6 Å². The highest BCUT2D eigenvalue weighted by atomic mass is 35.5. The van der Waals surface area contributed by atoms with Crippen LogP contribution in [0.3, 0.4) is 0 Å². The molecule has 0 aliphatic heterocycles. The number of halogens is 3. The second-order valence-electron chi connectivity index (χ2n) is 6.04. The average molecular weight is 466 g/mol. The molecule has 1 aromatic heterocycles. The minimum absolute atomic E-state index is 0.163. The number of rotatable bonds is 4. The van der Waals surface area contributed by atoms with Crippen molar-refractivity contribution in [1.82, 2.24) is 5.32 Å². The number of hydrogen-bond donors (Lipinski definition) is 2. The summed E-state index contributed by atoms with van der Waals surface area (Å²) in [5, 5.41) is 7.10. The average Bonchev–Trinajstić information content (AvgIpc) is 3.14.